The number of aromatic nitrogens is 3. The zero-order valence-corrected chi connectivity index (χ0v) is 13.4. The molecule has 5 nitrogen and oxygen atoms in total. The zero-order chi connectivity index (χ0) is 14.7. The van der Waals surface area contributed by atoms with Crippen LogP contribution < -0.4 is 4.90 Å². The van der Waals surface area contributed by atoms with Gasteiger partial charge in [0.15, 0.2) is 0 Å². The molecule has 1 fully saturated rings. The Bertz CT molecular complexity index is 560. The Labute approximate surface area is 129 Å². The van der Waals surface area contributed by atoms with Crippen LogP contribution in [0.2, 0.25) is 0 Å². The molecule has 1 aliphatic heterocycles. The molecule has 1 aliphatic rings. The highest BCUT2D eigenvalue weighted by atomic mass is 32.1. The lowest BCUT2D eigenvalue weighted by atomic mass is 10.2. The number of nitrogens with zero attached hydrogens (tertiary/aromatic N) is 5. The van der Waals surface area contributed by atoms with Crippen molar-refractivity contribution in [3.8, 4) is 0 Å². The average molecular weight is 303 g/mol. The fourth-order valence-electron chi connectivity index (χ4n) is 2.43. The van der Waals surface area contributed by atoms with Gasteiger partial charge in [0.1, 0.15) is 5.01 Å². The van der Waals surface area contributed by atoms with Crippen molar-refractivity contribution in [2.24, 2.45) is 0 Å². The van der Waals surface area contributed by atoms with Gasteiger partial charge in [0.25, 0.3) is 0 Å². The summed E-state index contributed by atoms with van der Waals surface area (Å²) in [5.41, 5.74) is 1.33. The minimum Gasteiger partial charge on any atom is -0.344 e. The van der Waals surface area contributed by atoms with E-state index in [0.717, 1.165) is 42.9 Å². The maximum atomic E-state index is 4.34. The highest BCUT2D eigenvalue weighted by Crippen LogP contribution is 2.26. The normalized spacial score (nSPS) is 16.6. The molecule has 6 heteroatoms. The highest BCUT2D eigenvalue weighted by molar-refractivity contribution is 7.15. The van der Waals surface area contributed by atoms with Gasteiger partial charge in [-0.15, -0.1) is 10.2 Å². The summed E-state index contributed by atoms with van der Waals surface area (Å²) in [5, 5.41) is 10.8. The van der Waals surface area contributed by atoms with Crippen molar-refractivity contribution in [3.05, 3.63) is 35.1 Å². The molecule has 0 bridgehead atoms. The minimum absolute atomic E-state index is 0.462. The van der Waals surface area contributed by atoms with Crippen LogP contribution in [0, 0.1) is 0 Å². The summed E-state index contributed by atoms with van der Waals surface area (Å²) in [6, 6.07) is 4.18. The van der Waals surface area contributed by atoms with E-state index in [1.807, 2.05) is 12.4 Å². The highest BCUT2D eigenvalue weighted by Gasteiger charge is 2.20. The molecular formula is C15H21N5S. The van der Waals surface area contributed by atoms with Gasteiger partial charge >= 0.3 is 0 Å². The van der Waals surface area contributed by atoms with E-state index in [4.69, 9.17) is 0 Å². The second-order valence-electron chi connectivity index (χ2n) is 5.70. The Morgan fingerprint density at radius 3 is 2.43 bits per heavy atom. The quantitative estimate of drug-likeness (QED) is 0.868. The molecular weight excluding hydrogens is 282 g/mol. The van der Waals surface area contributed by atoms with Crippen LogP contribution in [0.4, 0.5) is 5.13 Å². The number of piperazine rings is 1. The minimum atomic E-state index is 0.462. The Balaban J connectivity index is 1.55. The van der Waals surface area contributed by atoms with E-state index in [1.165, 1.54) is 5.56 Å². The zero-order valence-electron chi connectivity index (χ0n) is 12.6. The summed E-state index contributed by atoms with van der Waals surface area (Å²) in [6.07, 6.45) is 3.72. The Morgan fingerprint density at radius 2 is 1.81 bits per heavy atom. The largest absolute Gasteiger partial charge is 0.344 e. The molecule has 21 heavy (non-hydrogen) atoms. The third kappa shape index (κ3) is 3.57. The molecule has 0 unspecified atom stereocenters. The van der Waals surface area contributed by atoms with Crippen molar-refractivity contribution in [1.82, 2.24) is 20.1 Å². The Morgan fingerprint density at radius 1 is 1.10 bits per heavy atom. The van der Waals surface area contributed by atoms with E-state index in [2.05, 4.69) is 51.0 Å². The van der Waals surface area contributed by atoms with Crippen LogP contribution in [0.15, 0.2) is 24.5 Å². The van der Waals surface area contributed by atoms with Crippen LogP contribution in [-0.4, -0.2) is 46.3 Å². The smallest absolute Gasteiger partial charge is 0.208 e. The molecule has 3 rings (SSSR count). The summed E-state index contributed by atoms with van der Waals surface area (Å²) in [4.78, 5) is 8.90. The third-order valence-electron chi connectivity index (χ3n) is 3.72. The molecule has 3 heterocycles. The van der Waals surface area contributed by atoms with Crippen LogP contribution >= 0.6 is 11.3 Å². The molecule has 0 radical (unpaired) electrons. The molecule has 0 atom stereocenters. The third-order valence-corrected chi connectivity index (χ3v) is 5.01. The Kier molecular flexibility index (Phi) is 4.45. The standard InChI is InChI=1S/C15H21N5S/c1-12(2)14-17-18-15(21-14)20-9-7-19(8-10-20)11-13-3-5-16-6-4-13/h3-6,12H,7-11H2,1-2H3. The van der Waals surface area contributed by atoms with Gasteiger partial charge in [-0.25, -0.2) is 0 Å². The van der Waals surface area contributed by atoms with E-state index in [0.29, 0.717) is 5.92 Å². The van der Waals surface area contributed by atoms with Gasteiger partial charge in [0.05, 0.1) is 0 Å². The topological polar surface area (TPSA) is 45.2 Å². The fourth-order valence-corrected chi connectivity index (χ4v) is 3.33. The molecule has 1 saturated heterocycles. The van der Waals surface area contributed by atoms with E-state index in [-0.39, 0.29) is 0 Å². The van der Waals surface area contributed by atoms with Gasteiger partial charge in [0, 0.05) is 51.0 Å². The van der Waals surface area contributed by atoms with Crippen molar-refractivity contribution >= 4 is 16.5 Å². The molecule has 0 aliphatic carbocycles. The predicted molar refractivity (Wildman–Crippen MR) is 85.7 cm³/mol. The van der Waals surface area contributed by atoms with Crippen molar-refractivity contribution in [2.75, 3.05) is 31.1 Å². The summed E-state index contributed by atoms with van der Waals surface area (Å²) >= 11 is 1.73. The molecule has 112 valence electrons. The first-order valence-electron chi connectivity index (χ1n) is 7.42. The molecule has 0 N–H and O–H groups in total. The van der Waals surface area contributed by atoms with Crippen LogP contribution in [0.1, 0.15) is 30.3 Å². The lowest BCUT2D eigenvalue weighted by molar-refractivity contribution is 0.249. The Hall–Kier alpha value is -1.53. The lowest BCUT2D eigenvalue weighted by Gasteiger charge is -2.34. The molecule has 0 amide bonds. The first-order chi connectivity index (χ1) is 10.2. The van der Waals surface area contributed by atoms with Crippen molar-refractivity contribution < 1.29 is 0 Å². The van der Waals surface area contributed by atoms with Gasteiger partial charge in [-0.2, -0.15) is 0 Å². The first kappa shape index (κ1) is 14.4. The first-order valence-corrected chi connectivity index (χ1v) is 8.23. The maximum absolute atomic E-state index is 4.34. The number of hydrogen-bond donors (Lipinski definition) is 0. The summed E-state index contributed by atoms with van der Waals surface area (Å²) in [5.74, 6) is 0.462. The molecule has 0 spiro atoms. The van der Waals surface area contributed by atoms with Crippen LogP contribution in [0.25, 0.3) is 0 Å². The van der Waals surface area contributed by atoms with Crippen molar-refractivity contribution in [3.63, 3.8) is 0 Å². The van der Waals surface area contributed by atoms with Gasteiger partial charge < -0.3 is 4.90 Å². The fraction of sp³-hybridized carbons (Fsp3) is 0.533. The van der Waals surface area contributed by atoms with E-state index in [9.17, 15) is 0 Å². The van der Waals surface area contributed by atoms with Crippen LogP contribution in [0.5, 0.6) is 0 Å². The number of anilines is 1. The number of hydrogen-bond acceptors (Lipinski definition) is 6. The predicted octanol–water partition coefficient (Wildman–Crippen LogP) is 2.38. The number of rotatable bonds is 4. The van der Waals surface area contributed by atoms with Gasteiger partial charge in [-0.3, -0.25) is 9.88 Å². The van der Waals surface area contributed by atoms with E-state index in [1.54, 1.807) is 11.3 Å². The van der Waals surface area contributed by atoms with Gasteiger partial charge in [0.2, 0.25) is 5.13 Å². The van der Waals surface area contributed by atoms with E-state index < -0.39 is 0 Å². The monoisotopic (exact) mass is 303 g/mol. The number of pyridine rings is 1. The lowest BCUT2D eigenvalue weighted by Crippen LogP contribution is -2.45. The van der Waals surface area contributed by atoms with E-state index >= 15 is 0 Å². The maximum Gasteiger partial charge on any atom is 0.208 e. The summed E-state index contributed by atoms with van der Waals surface area (Å²) < 4.78 is 0. The SMILES string of the molecule is CC(C)c1nnc(N2CCN(Cc3ccncc3)CC2)s1. The van der Waals surface area contributed by atoms with Crippen LogP contribution in [0.3, 0.4) is 0 Å². The second kappa shape index (κ2) is 6.49. The van der Waals surface area contributed by atoms with Gasteiger partial charge in [-0.1, -0.05) is 25.2 Å². The summed E-state index contributed by atoms with van der Waals surface area (Å²) in [7, 11) is 0. The average Bonchev–Trinajstić information content (AvgIpc) is 2.99. The molecule has 0 aromatic carbocycles. The second-order valence-corrected chi connectivity index (χ2v) is 6.68. The van der Waals surface area contributed by atoms with Crippen molar-refractivity contribution in [1.29, 1.82) is 0 Å². The molecule has 2 aromatic heterocycles. The van der Waals surface area contributed by atoms with Crippen LogP contribution in [-0.2, 0) is 6.54 Å². The molecule has 2 aromatic rings. The van der Waals surface area contributed by atoms with Crippen molar-refractivity contribution in [2.45, 2.75) is 26.3 Å². The van der Waals surface area contributed by atoms with Gasteiger partial charge in [-0.05, 0) is 17.7 Å². The molecule has 0 saturated carbocycles. The summed E-state index contributed by atoms with van der Waals surface area (Å²) in [6.45, 7) is 9.52.